The molecule has 3 rings (SSSR count). The Labute approximate surface area is 145 Å². The van der Waals surface area contributed by atoms with Crippen LogP contribution in [0.4, 0.5) is 0 Å². The molecule has 0 aromatic carbocycles. The summed E-state index contributed by atoms with van der Waals surface area (Å²) in [4.78, 5) is 36.1. The minimum absolute atomic E-state index is 0.169. The molecule has 128 valence electrons. The minimum Gasteiger partial charge on any atom is -0.336 e. The smallest absolute Gasteiger partial charge is 0.261 e. The van der Waals surface area contributed by atoms with E-state index in [1.807, 2.05) is 26.8 Å². The number of amides is 1. The summed E-state index contributed by atoms with van der Waals surface area (Å²) in [6.45, 7) is 9.32. The van der Waals surface area contributed by atoms with Crippen LogP contribution < -0.4 is 5.56 Å². The number of piperazine rings is 1. The molecule has 1 aliphatic rings. The highest BCUT2D eigenvalue weighted by atomic mass is 32.1. The third-order valence-corrected chi connectivity index (χ3v) is 5.11. The van der Waals surface area contributed by atoms with Gasteiger partial charge in [0.1, 0.15) is 5.56 Å². The van der Waals surface area contributed by atoms with Crippen LogP contribution in [0, 0.1) is 20.8 Å². The lowest BCUT2D eigenvalue weighted by Gasteiger charge is -2.34. The van der Waals surface area contributed by atoms with Crippen molar-refractivity contribution < 1.29 is 4.79 Å². The highest BCUT2D eigenvalue weighted by Crippen LogP contribution is 2.14. The summed E-state index contributed by atoms with van der Waals surface area (Å²) in [5.41, 5.74) is 2.57. The number of H-pyrrole nitrogens is 1. The summed E-state index contributed by atoms with van der Waals surface area (Å²) in [6.07, 6.45) is 0. The number of pyridine rings is 1. The molecule has 0 unspecified atom stereocenters. The van der Waals surface area contributed by atoms with Crippen LogP contribution in [-0.2, 0) is 6.54 Å². The van der Waals surface area contributed by atoms with Crippen molar-refractivity contribution in [1.29, 1.82) is 0 Å². The number of aryl methyl sites for hydroxylation is 3. The van der Waals surface area contributed by atoms with Crippen LogP contribution in [0.5, 0.6) is 0 Å². The number of nitrogens with one attached hydrogen (secondary N) is 1. The van der Waals surface area contributed by atoms with Crippen molar-refractivity contribution in [2.45, 2.75) is 27.3 Å². The zero-order valence-electron chi connectivity index (χ0n) is 14.3. The van der Waals surface area contributed by atoms with E-state index in [1.165, 1.54) is 0 Å². The maximum atomic E-state index is 12.7. The fourth-order valence-corrected chi connectivity index (χ4v) is 3.70. The first-order chi connectivity index (χ1) is 11.4. The molecular weight excluding hydrogens is 324 g/mol. The zero-order chi connectivity index (χ0) is 17.3. The molecule has 24 heavy (non-hydrogen) atoms. The van der Waals surface area contributed by atoms with Gasteiger partial charge in [0.25, 0.3) is 11.5 Å². The Morgan fingerprint density at radius 2 is 1.96 bits per heavy atom. The van der Waals surface area contributed by atoms with Crippen LogP contribution in [-0.4, -0.2) is 51.9 Å². The Kier molecular flexibility index (Phi) is 4.82. The van der Waals surface area contributed by atoms with Gasteiger partial charge in [-0.15, -0.1) is 11.3 Å². The van der Waals surface area contributed by atoms with E-state index in [-0.39, 0.29) is 17.0 Å². The standard InChI is InChI=1S/C17H22N4O2S/c1-11-8-12(2)18-16(22)15(11)17(23)21-6-4-20(5-7-21)9-14-10-24-13(3)19-14/h8,10H,4-7,9H2,1-3H3,(H,18,22). The molecule has 0 atom stereocenters. The minimum atomic E-state index is -0.294. The Bertz CT molecular complexity index is 803. The van der Waals surface area contributed by atoms with Gasteiger partial charge in [-0.25, -0.2) is 4.98 Å². The topological polar surface area (TPSA) is 69.3 Å². The number of carbonyl (C=O) groups is 1. The molecule has 2 aromatic heterocycles. The average molecular weight is 346 g/mol. The van der Waals surface area contributed by atoms with Crippen molar-refractivity contribution in [3.63, 3.8) is 0 Å². The molecule has 1 saturated heterocycles. The Morgan fingerprint density at radius 3 is 2.54 bits per heavy atom. The zero-order valence-corrected chi connectivity index (χ0v) is 15.1. The predicted molar refractivity (Wildman–Crippen MR) is 94.6 cm³/mol. The lowest BCUT2D eigenvalue weighted by molar-refractivity contribution is 0.0624. The summed E-state index contributed by atoms with van der Waals surface area (Å²) in [6, 6.07) is 1.84. The third-order valence-electron chi connectivity index (χ3n) is 4.29. The molecule has 1 aliphatic heterocycles. The van der Waals surface area contributed by atoms with E-state index < -0.39 is 0 Å². The predicted octanol–water partition coefficient (Wildman–Crippen LogP) is 1.71. The van der Waals surface area contributed by atoms with Crippen LogP contribution in [0.2, 0.25) is 0 Å². The number of thiazole rings is 1. The second-order valence-electron chi connectivity index (χ2n) is 6.27. The van der Waals surface area contributed by atoms with Crippen molar-refractivity contribution >= 4 is 17.2 Å². The van der Waals surface area contributed by atoms with Gasteiger partial charge < -0.3 is 9.88 Å². The van der Waals surface area contributed by atoms with Crippen molar-refractivity contribution in [3.8, 4) is 0 Å². The van der Waals surface area contributed by atoms with E-state index in [2.05, 4.69) is 20.2 Å². The quantitative estimate of drug-likeness (QED) is 0.919. The number of rotatable bonds is 3. The van der Waals surface area contributed by atoms with Crippen molar-refractivity contribution in [2.75, 3.05) is 26.2 Å². The lowest BCUT2D eigenvalue weighted by Crippen LogP contribution is -2.49. The third kappa shape index (κ3) is 3.57. The summed E-state index contributed by atoms with van der Waals surface area (Å²) in [5.74, 6) is -0.169. The summed E-state index contributed by atoms with van der Waals surface area (Å²) in [5, 5.41) is 3.16. The summed E-state index contributed by atoms with van der Waals surface area (Å²) >= 11 is 1.66. The molecule has 1 N–H and O–H groups in total. The molecule has 0 bridgehead atoms. The summed E-state index contributed by atoms with van der Waals surface area (Å²) < 4.78 is 0. The molecule has 0 radical (unpaired) electrons. The monoisotopic (exact) mass is 346 g/mol. The molecular formula is C17H22N4O2S. The maximum Gasteiger partial charge on any atom is 0.261 e. The number of carbonyl (C=O) groups excluding carboxylic acids is 1. The second-order valence-corrected chi connectivity index (χ2v) is 7.33. The van der Waals surface area contributed by atoms with Gasteiger partial charge in [-0.3, -0.25) is 14.5 Å². The largest absolute Gasteiger partial charge is 0.336 e. The first-order valence-electron chi connectivity index (χ1n) is 8.07. The van der Waals surface area contributed by atoms with Crippen molar-refractivity contribution in [1.82, 2.24) is 19.8 Å². The maximum absolute atomic E-state index is 12.7. The number of hydrogen-bond donors (Lipinski definition) is 1. The summed E-state index contributed by atoms with van der Waals surface area (Å²) in [7, 11) is 0. The van der Waals surface area contributed by atoms with Crippen LogP contribution in [0.3, 0.4) is 0 Å². The van der Waals surface area contributed by atoms with Crippen LogP contribution in [0.1, 0.15) is 32.3 Å². The SMILES string of the molecule is Cc1cc(C)c(C(=O)N2CCN(Cc3csc(C)n3)CC2)c(=O)[nH]1. The van der Waals surface area contributed by atoms with Gasteiger partial charge in [0.2, 0.25) is 0 Å². The average Bonchev–Trinajstić information content (AvgIpc) is 2.92. The fraction of sp³-hybridized carbons (Fsp3) is 0.471. The van der Waals surface area contributed by atoms with Gasteiger partial charge in [0, 0.05) is 43.8 Å². The van der Waals surface area contributed by atoms with Crippen molar-refractivity contribution in [2.24, 2.45) is 0 Å². The van der Waals surface area contributed by atoms with Gasteiger partial charge in [0.05, 0.1) is 10.7 Å². The number of aromatic amines is 1. The molecule has 6 nitrogen and oxygen atoms in total. The fourth-order valence-electron chi connectivity index (χ4n) is 3.10. The normalized spacial score (nSPS) is 15.7. The lowest BCUT2D eigenvalue weighted by atomic mass is 10.1. The van der Waals surface area contributed by atoms with E-state index in [4.69, 9.17) is 0 Å². The highest BCUT2D eigenvalue weighted by Gasteiger charge is 2.25. The Hall–Kier alpha value is -1.99. The van der Waals surface area contributed by atoms with E-state index in [0.29, 0.717) is 13.1 Å². The Balaban J connectivity index is 1.64. The second kappa shape index (κ2) is 6.86. The van der Waals surface area contributed by atoms with Gasteiger partial charge in [-0.1, -0.05) is 0 Å². The molecule has 0 saturated carbocycles. The molecule has 3 heterocycles. The molecule has 1 fully saturated rings. The van der Waals surface area contributed by atoms with Crippen molar-refractivity contribution in [3.05, 3.63) is 49.3 Å². The van der Waals surface area contributed by atoms with E-state index in [9.17, 15) is 9.59 Å². The van der Waals surface area contributed by atoms with Crippen LogP contribution >= 0.6 is 11.3 Å². The highest BCUT2D eigenvalue weighted by molar-refractivity contribution is 7.09. The van der Waals surface area contributed by atoms with Crippen LogP contribution in [0.25, 0.3) is 0 Å². The van der Waals surface area contributed by atoms with E-state index in [0.717, 1.165) is 41.6 Å². The van der Waals surface area contributed by atoms with E-state index in [1.54, 1.807) is 16.2 Å². The van der Waals surface area contributed by atoms with Gasteiger partial charge >= 0.3 is 0 Å². The molecule has 2 aromatic rings. The Morgan fingerprint density at radius 1 is 1.25 bits per heavy atom. The van der Waals surface area contributed by atoms with E-state index >= 15 is 0 Å². The first kappa shape index (κ1) is 16.9. The molecule has 7 heteroatoms. The number of nitrogens with zero attached hydrogens (tertiary/aromatic N) is 3. The van der Waals surface area contributed by atoms with Gasteiger partial charge in [-0.05, 0) is 32.4 Å². The molecule has 0 aliphatic carbocycles. The van der Waals surface area contributed by atoms with Gasteiger partial charge in [0.15, 0.2) is 0 Å². The first-order valence-corrected chi connectivity index (χ1v) is 8.95. The molecule has 0 spiro atoms. The number of hydrogen-bond acceptors (Lipinski definition) is 5. The number of aromatic nitrogens is 2. The van der Waals surface area contributed by atoms with Gasteiger partial charge in [-0.2, -0.15) is 0 Å². The van der Waals surface area contributed by atoms with Crippen LogP contribution in [0.15, 0.2) is 16.2 Å². The molecule has 1 amide bonds.